The lowest BCUT2D eigenvalue weighted by atomic mass is 9.85. The van der Waals surface area contributed by atoms with E-state index < -0.39 is 0 Å². The van der Waals surface area contributed by atoms with E-state index in [0.29, 0.717) is 24.6 Å². The highest BCUT2D eigenvalue weighted by atomic mass is 19.1. The molecule has 0 radical (unpaired) electrons. The van der Waals surface area contributed by atoms with Crippen molar-refractivity contribution in [2.45, 2.75) is 32.4 Å². The first-order chi connectivity index (χ1) is 10.0. The molecule has 0 heterocycles. The molecule has 0 unspecified atom stereocenters. The number of guanidine groups is 1. The van der Waals surface area contributed by atoms with E-state index in [9.17, 15) is 4.39 Å². The first-order valence-corrected chi connectivity index (χ1v) is 7.50. The Morgan fingerprint density at radius 1 is 1.43 bits per heavy atom. The van der Waals surface area contributed by atoms with Crippen molar-refractivity contribution < 1.29 is 4.39 Å². The van der Waals surface area contributed by atoms with Crippen molar-refractivity contribution in [2.75, 3.05) is 20.6 Å². The number of nitrogens with zero attached hydrogens (tertiary/aromatic N) is 2. The highest BCUT2D eigenvalue weighted by Crippen LogP contribution is 2.25. The van der Waals surface area contributed by atoms with Crippen LogP contribution in [0.2, 0.25) is 0 Å². The van der Waals surface area contributed by atoms with Crippen molar-refractivity contribution in [1.82, 2.24) is 10.2 Å². The molecule has 0 spiro atoms. The Balaban J connectivity index is 1.88. The summed E-state index contributed by atoms with van der Waals surface area (Å²) < 4.78 is 13.7. The molecule has 1 fully saturated rings. The Bertz CT molecular complexity index is 495. The van der Waals surface area contributed by atoms with Crippen LogP contribution in [0.25, 0.3) is 0 Å². The second-order valence-electron chi connectivity index (χ2n) is 6.04. The van der Waals surface area contributed by atoms with Gasteiger partial charge in [-0.2, -0.15) is 0 Å². The minimum Gasteiger partial charge on any atom is -0.370 e. The van der Waals surface area contributed by atoms with Crippen LogP contribution in [0.15, 0.2) is 23.2 Å². The minimum atomic E-state index is -0.174. The zero-order valence-electron chi connectivity index (χ0n) is 12.9. The first-order valence-electron chi connectivity index (χ1n) is 7.50. The molecule has 0 aliphatic heterocycles. The molecule has 116 valence electrons. The summed E-state index contributed by atoms with van der Waals surface area (Å²) in [5.41, 5.74) is 7.52. The molecule has 0 saturated heterocycles. The van der Waals surface area contributed by atoms with Crippen LogP contribution in [0.5, 0.6) is 0 Å². The van der Waals surface area contributed by atoms with Gasteiger partial charge in [-0.15, -0.1) is 0 Å². The van der Waals surface area contributed by atoms with Gasteiger partial charge in [-0.3, -0.25) is 0 Å². The zero-order valence-corrected chi connectivity index (χ0v) is 12.9. The summed E-state index contributed by atoms with van der Waals surface area (Å²) in [6, 6.07) is 5.12. The number of nitrogens with one attached hydrogen (secondary N) is 1. The van der Waals surface area contributed by atoms with Crippen molar-refractivity contribution in [3.05, 3.63) is 35.1 Å². The molecule has 1 aromatic carbocycles. The van der Waals surface area contributed by atoms with Gasteiger partial charge in [0.25, 0.3) is 0 Å². The second-order valence-corrected chi connectivity index (χ2v) is 6.04. The van der Waals surface area contributed by atoms with Gasteiger partial charge in [0.1, 0.15) is 5.82 Å². The molecule has 5 heteroatoms. The van der Waals surface area contributed by atoms with Crippen LogP contribution < -0.4 is 11.1 Å². The van der Waals surface area contributed by atoms with E-state index in [1.54, 1.807) is 6.07 Å². The van der Waals surface area contributed by atoms with Crippen molar-refractivity contribution in [3.63, 3.8) is 0 Å². The van der Waals surface area contributed by atoms with Crippen LogP contribution in [-0.4, -0.2) is 31.5 Å². The van der Waals surface area contributed by atoms with E-state index in [-0.39, 0.29) is 5.82 Å². The number of nitrogens with two attached hydrogens (primary N) is 1. The van der Waals surface area contributed by atoms with Gasteiger partial charge in [0.2, 0.25) is 0 Å². The average molecular weight is 292 g/mol. The summed E-state index contributed by atoms with van der Waals surface area (Å²) in [5.74, 6) is 1.05. The number of halogens is 1. The second kappa shape index (κ2) is 7.41. The number of aliphatic imine (C=N–C) groups is 1. The molecule has 0 bridgehead atoms. The highest BCUT2D eigenvalue weighted by Gasteiger charge is 2.16. The van der Waals surface area contributed by atoms with Crippen LogP contribution in [0, 0.1) is 11.7 Å². The lowest BCUT2D eigenvalue weighted by Gasteiger charge is -2.25. The molecule has 0 aromatic heterocycles. The monoisotopic (exact) mass is 292 g/mol. The molecule has 1 aliphatic carbocycles. The topological polar surface area (TPSA) is 53.6 Å². The molecule has 0 atom stereocenters. The van der Waals surface area contributed by atoms with Crippen LogP contribution in [-0.2, 0) is 13.1 Å². The molecule has 3 N–H and O–H groups in total. The lowest BCUT2D eigenvalue weighted by Crippen LogP contribution is -2.37. The van der Waals surface area contributed by atoms with Crippen LogP contribution in [0.1, 0.15) is 30.4 Å². The largest absolute Gasteiger partial charge is 0.370 e. The van der Waals surface area contributed by atoms with Crippen LogP contribution in [0.4, 0.5) is 4.39 Å². The SMILES string of the molecule is CN(C)Cc1cc(CN=C(N)NCC2CCC2)ccc1F. The van der Waals surface area contributed by atoms with Crippen LogP contribution >= 0.6 is 0 Å². The molecule has 4 nitrogen and oxygen atoms in total. The maximum absolute atomic E-state index is 13.7. The van der Waals surface area contributed by atoms with E-state index in [1.165, 1.54) is 25.3 Å². The maximum atomic E-state index is 13.7. The summed E-state index contributed by atoms with van der Waals surface area (Å²) in [5, 5.41) is 3.16. The van der Waals surface area contributed by atoms with Gasteiger partial charge in [0.05, 0.1) is 6.54 Å². The normalized spacial score (nSPS) is 16.1. The van der Waals surface area contributed by atoms with Gasteiger partial charge in [0, 0.05) is 18.7 Å². The van der Waals surface area contributed by atoms with Gasteiger partial charge >= 0.3 is 0 Å². The summed E-state index contributed by atoms with van der Waals surface area (Å²) >= 11 is 0. The quantitative estimate of drug-likeness (QED) is 0.623. The van der Waals surface area contributed by atoms with Crippen molar-refractivity contribution in [2.24, 2.45) is 16.6 Å². The summed E-state index contributed by atoms with van der Waals surface area (Å²) in [6.45, 7) is 1.97. The summed E-state index contributed by atoms with van der Waals surface area (Å²) in [4.78, 5) is 6.27. The Labute approximate surface area is 126 Å². The minimum absolute atomic E-state index is 0.174. The molecule has 2 rings (SSSR count). The van der Waals surface area contributed by atoms with E-state index in [0.717, 1.165) is 18.0 Å². The third-order valence-electron chi connectivity index (χ3n) is 3.83. The van der Waals surface area contributed by atoms with Gasteiger partial charge < -0.3 is 16.0 Å². The average Bonchev–Trinajstić information content (AvgIpc) is 2.37. The Hall–Kier alpha value is -1.62. The van der Waals surface area contributed by atoms with Gasteiger partial charge in [-0.25, -0.2) is 9.38 Å². The highest BCUT2D eigenvalue weighted by molar-refractivity contribution is 5.77. The van der Waals surface area contributed by atoms with Crippen molar-refractivity contribution in [1.29, 1.82) is 0 Å². The van der Waals surface area contributed by atoms with Gasteiger partial charge in [-0.05, 0) is 50.6 Å². The number of benzene rings is 1. The van der Waals surface area contributed by atoms with E-state index in [1.807, 2.05) is 25.1 Å². The van der Waals surface area contributed by atoms with Gasteiger partial charge in [-0.1, -0.05) is 12.5 Å². The Morgan fingerprint density at radius 2 is 2.19 bits per heavy atom. The Morgan fingerprint density at radius 3 is 2.81 bits per heavy atom. The van der Waals surface area contributed by atoms with Gasteiger partial charge in [0.15, 0.2) is 5.96 Å². The number of rotatable bonds is 6. The van der Waals surface area contributed by atoms with E-state index >= 15 is 0 Å². The summed E-state index contributed by atoms with van der Waals surface area (Å²) in [6.07, 6.45) is 3.89. The predicted octanol–water partition coefficient (Wildman–Crippen LogP) is 2.09. The molecule has 1 aromatic rings. The third kappa shape index (κ3) is 5.01. The maximum Gasteiger partial charge on any atom is 0.188 e. The smallest absolute Gasteiger partial charge is 0.188 e. The molecule has 0 amide bonds. The first kappa shape index (κ1) is 15.8. The predicted molar refractivity (Wildman–Crippen MR) is 84.5 cm³/mol. The zero-order chi connectivity index (χ0) is 15.2. The van der Waals surface area contributed by atoms with Crippen molar-refractivity contribution >= 4 is 5.96 Å². The number of hydrogen-bond acceptors (Lipinski definition) is 2. The number of hydrogen-bond donors (Lipinski definition) is 2. The van der Waals surface area contributed by atoms with Crippen LogP contribution in [0.3, 0.4) is 0 Å². The lowest BCUT2D eigenvalue weighted by molar-refractivity contribution is 0.315. The molecular formula is C16H25FN4. The third-order valence-corrected chi connectivity index (χ3v) is 3.83. The fourth-order valence-corrected chi connectivity index (χ4v) is 2.37. The Kier molecular flexibility index (Phi) is 5.56. The fourth-order valence-electron chi connectivity index (χ4n) is 2.37. The van der Waals surface area contributed by atoms with E-state index in [4.69, 9.17) is 5.73 Å². The summed E-state index contributed by atoms with van der Waals surface area (Å²) in [7, 11) is 3.85. The molecule has 1 saturated carbocycles. The molecular weight excluding hydrogens is 267 g/mol. The molecule has 1 aliphatic rings. The van der Waals surface area contributed by atoms with Crippen molar-refractivity contribution in [3.8, 4) is 0 Å². The fraction of sp³-hybridized carbons (Fsp3) is 0.562. The van der Waals surface area contributed by atoms with E-state index in [2.05, 4.69) is 10.3 Å². The molecule has 21 heavy (non-hydrogen) atoms. The standard InChI is InChI=1S/C16H25FN4/c1-21(2)11-14-8-13(6-7-15(14)17)10-20-16(18)19-9-12-4-3-5-12/h6-8,12H,3-5,9-11H2,1-2H3,(H3,18,19,20).